The van der Waals surface area contributed by atoms with E-state index in [0.717, 1.165) is 78.1 Å². The number of aromatic amines is 1. The first-order chi connectivity index (χ1) is 18.6. The number of unbranched alkanes of at least 4 members (excludes halogenated alkanes) is 1. The molecule has 1 aliphatic heterocycles. The van der Waals surface area contributed by atoms with E-state index in [2.05, 4.69) is 74.4 Å². The first-order valence-electron chi connectivity index (χ1n) is 13.5. The van der Waals surface area contributed by atoms with Crippen LogP contribution in [0, 0.1) is 0 Å². The van der Waals surface area contributed by atoms with Crippen LogP contribution in [0.3, 0.4) is 0 Å². The lowest BCUT2D eigenvalue weighted by Crippen LogP contribution is -2.44. The van der Waals surface area contributed by atoms with Crippen molar-refractivity contribution in [3.63, 3.8) is 0 Å². The Labute approximate surface area is 224 Å². The first-order valence-corrected chi connectivity index (χ1v) is 13.5. The average Bonchev–Trinajstić information content (AvgIpc) is 3.34. The Bertz CT molecular complexity index is 1390. The second kappa shape index (κ2) is 11.6. The fraction of sp³-hybridized carbons (Fsp3) is 0.367. The van der Waals surface area contributed by atoms with Gasteiger partial charge in [0.1, 0.15) is 12.0 Å². The molecule has 3 heterocycles. The quantitative estimate of drug-likeness (QED) is 0.285. The molecule has 8 nitrogen and oxygen atoms in total. The summed E-state index contributed by atoms with van der Waals surface area (Å²) in [7, 11) is 2.17. The predicted molar refractivity (Wildman–Crippen MR) is 154 cm³/mol. The number of benzene rings is 2. The maximum Gasteiger partial charge on any atom is 0.226 e. The predicted octanol–water partition coefficient (Wildman–Crippen LogP) is 5.57. The van der Waals surface area contributed by atoms with E-state index in [-0.39, 0.29) is 5.91 Å². The molecule has 0 unspecified atom stereocenters. The zero-order valence-corrected chi connectivity index (χ0v) is 22.5. The minimum atomic E-state index is -0.0206. The van der Waals surface area contributed by atoms with E-state index in [9.17, 15) is 4.79 Å². The molecule has 2 N–H and O–H groups in total. The Hall–Kier alpha value is -3.91. The van der Waals surface area contributed by atoms with Gasteiger partial charge in [0.25, 0.3) is 0 Å². The number of rotatable bonds is 9. The van der Waals surface area contributed by atoms with Crippen molar-refractivity contribution in [3.05, 3.63) is 54.9 Å². The number of likely N-dealkylation sites (N-methyl/N-ethyl adjacent to an activating group) is 1. The third-order valence-electron chi connectivity index (χ3n) is 7.07. The van der Waals surface area contributed by atoms with Crippen molar-refractivity contribution in [1.82, 2.24) is 19.9 Å². The van der Waals surface area contributed by atoms with Crippen LogP contribution in [-0.4, -0.2) is 65.6 Å². The highest BCUT2D eigenvalue weighted by Gasteiger charge is 2.22. The topological polar surface area (TPSA) is 86.4 Å². The molecule has 2 aromatic heterocycles. The van der Waals surface area contributed by atoms with Crippen molar-refractivity contribution in [2.45, 2.75) is 33.1 Å². The van der Waals surface area contributed by atoms with Crippen molar-refractivity contribution in [2.24, 2.45) is 0 Å². The number of anilines is 2. The number of hydrogen-bond donors (Lipinski definition) is 2. The zero-order valence-electron chi connectivity index (χ0n) is 22.5. The molecule has 2 aromatic carbocycles. The van der Waals surface area contributed by atoms with Gasteiger partial charge in [-0.05, 0) is 48.9 Å². The lowest BCUT2D eigenvalue weighted by atomic mass is 9.98. The van der Waals surface area contributed by atoms with Gasteiger partial charge >= 0.3 is 0 Å². The summed E-state index contributed by atoms with van der Waals surface area (Å²) in [6.07, 6.45) is 3.95. The first kappa shape index (κ1) is 25.7. The normalized spacial score (nSPS) is 14.1. The van der Waals surface area contributed by atoms with Crippen molar-refractivity contribution < 1.29 is 9.53 Å². The van der Waals surface area contributed by atoms with Gasteiger partial charge in [-0.3, -0.25) is 4.79 Å². The number of piperazine rings is 1. The van der Waals surface area contributed by atoms with Gasteiger partial charge in [0.05, 0.1) is 17.7 Å². The number of nitrogens with one attached hydrogen (secondary N) is 2. The number of fused-ring (bicyclic) bond motifs is 1. The highest BCUT2D eigenvalue weighted by molar-refractivity contribution is 6.05. The van der Waals surface area contributed by atoms with Gasteiger partial charge in [0.15, 0.2) is 0 Å². The third kappa shape index (κ3) is 5.50. The molecule has 5 rings (SSSR count). The molecule has 1 aliphatic rings. The highest BCUT2D eigenvalue weighted by Crippen LogP contribution is 2.42. The second-order valence-corrected chi connectivity index (χ2v) is 9.80. The molecule has 1 amide bonds. The molecule has 8 heteroatoms. The van der Waals surface area contributed by atoms with Gasteiger partial charge in [-0.2, -0.15) is 0 Å². The Morgan fingerprint density at radius 1 is 1.03 bits per heavy atom. The van der Waals surface area contributed by atoms with E-state index >= 15 is 0 Å². The van der Waals surface area contributed by atoms with Gasteiger partial charge in [-0.15, -0.1) is 0 Å². The largest absolute Gasteiger partial charge is 0.477 e. The van der Waals surface area contributed by atoms with E-state index in [1.54, 1.807) is 6.33 Å². The van der Waals surface area contributed by atoms with E-state index in [1.807, 2.05) is 25.1 Å². The monoisotopic (exact) mass is 512 g/mol. The summed E-state index contributed by atoms with van der Waals surface area (Å²) in [5.74, 6) is 0.547. The standard InChI is InChI=1S/C30H36N6O2/c1-4-6-18-38-30-27-26(22-8-7-9-23(19-22)33-25(37)5-2)28(34-29(27)31-20-32-30)21-10-12-24(13-11-21)36-16-14-35(3)15-17-36/h7-13,19-20H,4-6,14-18H2,1-3H3,(H,33,37)(H,31,32,34). The Morgan fingerprint density at radius 3 is 2.55 bits per heavy atom. The van der Waals surface area contributed by atoms with Gasteiger partial charge < -0.3 is 24.8 Å². The summed E-state index contributed by atoms with van der Waals surface area (Å²) in [5.41, 5.74) is 6.63. The van der Waals surface area contributed by atoms with Crippen LogP contribution in [0.25, 0.3) is 33.4 Å². The second-order valence-electron chi connectivity index (χ2n) is 9.80. The van der Waals surface area contributed by atoms with Crippen molar-refractivity contribution in [1.29, 1.82) is 0 Å². The summed E-state index contributed by atoms with van der Waals surface area (Å²) in [6.45, 7) is 8.77. The van der Waals surface area contributed by atoms with Crippen LogP contribution in [0.15, 0.2) is 54.9 Å². The van der Waals surface area contributed by atoms with Crippen LogP contribution in [-0.2, 0) is 4.79 Å². The molecule has 4 aromatic rings. The maximum atomic E-state index is 12.1. The molecule has 0 radical (unpaired) electrons. The molecular formula is C30H36N6O2. The number of H-pyrrole nitrogens is 1. The molecule has 38 heavy (non-hydrogen) atoms. The van der Waals surface area contributed by atoms with Gasteiger partial charge in [0, 0.05) is 49.5 Å². The molecule has 0 spiro atoms. The number of hydrogen-bond acceptors (Lipinski definition) is 6. The Kier molecular flexibility index (Phi) is 7.89. The Balaban J connectivity index is 1.59. The minimum Gasteiger partial charge on any atom is -0.477 e. The molecule has 0 aliphatic carbocycles. The van der Waals surface area contributed by atoms with Gasteiger partial charge in [0.2, 0.25) is 11.8 Å². The number of ether oxygens (including phenoxy) is 1. The van der Waals surface area contributed by atoms with Crippen LogP contribution < -0.4 is 15.0 Å². The number of nitrogens with zero attached hydrogens (tertiary/aromatic N) is 4. The zero-order chi connectivity index (χ0) is 26.5. The lowest BCUT2D eigenvalue weighted by Gasteiger charge is -2.34. The summed E-state index contributed by atoms with van der Waals surface area (Å²) < 4.78 is 6.14. The summed E-state index contributed by atoms with van der Waals surface area (Å²) in [5, 5.41) is 3.83. The molecule has 1 saturated heterocycles. The SMILES string of the molecule is CCCCOc1ncnc2[nH]c(-c3ccc(N4CCN(C)CC4)cc3)c(-c3cccc(NC(=O)CC)c3)c12. The minimum absolute atomic E-state index is 0.0206. The van der Waals surface area contributed by atoms with E-state index in [4.69, 9.17) is 4.74 Å². The van der Waals surface area contributed by atoms with E-state index in [1.165, 1.54) is 5.69 Å². The van der Waals surface area contributed by atoms with Crippen molar-refractivity contribution in [3.8, 4) is 28.3 Å². The van der Waals surface area contributed by atoms with Gasteiger partial charge in [-0.25, -0.2) is 9.97 Å². The summed E-state index contributed by atoms with van der Waals surface area (Å²) in [6, 6.07) is 16.6. The molecule has 1 fully saturated rings. The van der Waals surface area contributed by atoms with E-state index in [0.29, 0.717) is 18.9 Å². The summed E-state index contributed by atoms with van der Waals surface area (Å²) >= 11 is 0. The van der Waals surface area contributed by atoms with Crippen LogP contribution in [0.4, 0.5) is 11.4 Å². The fourth-order valence-corrected chi connectivity index (χ4v) is 4.83. The Morgan fingerprint density at radius 2 is 1.82 bits per heavy atom. The number of amides is 1. The average molecular weight is 513 g/mol. The molecule has 0 atom stereocenters. The number of carbonyl (C=O) groups is 1. The molecular weight excluding hydrogens is 476 g/mol. The van der Waals surface area contributed by atoms with Crippen LogP contribution in [0.5, 0.6) is 5.88 Å². The molecule has 0 saturated carbocycles. The van der Waals surface area contributed by atoms with Crippen LogP contribution >= 0.6 is 0 Å². The molecule has 198 valence electrons. The number of aromatic nitrogens is 3. The van der Waals surface area contributed by atoms with E-state index < -0.39 is 0 Å². The number of carbonyl (C=O) groups excluding carboxylic acids is 1. The lowest BCUT2D eigenvalue weighted by molar-refractivity contribution is -0.115. The summed E-state index contributed by atoms with van der Waals surface area (Å²) in [4.78, 5) is 29.5. The van der Waals surface area contributed by atoms with Crippen LogP contribution in [0.2, 0.25) is 0 Å². The highest BCUT2D eigenvalue weighted by atomic mass is 16.5. The van der Waals surface area contributed by atoms with Crippen molar-refractivity contribution >= 4 is 28.3 Å². The fourth-order valence-electron chi connectivity index (χ4n) is 4.83. The third-order valence-corrected chi connectivity index (χ3v) is 7.07. The van der Waals surface area contributed by atoms with Gasteiger partial charge in [-0.1, -0.05) is 44.5 Å². The molecule has 0 bridgehead atoms. The van der Waals surface area contributed by atoms with Crippen molar-refractivity contribution in [2.75, 3.05) is 50.1 Å². The maximum absolute atomic E-state index is 12.1. The smallest absolute Gasteiger partial charge is 0.226 e. The van der Waals surface area contributed by atoms with Crippen LogP contribution in [0.1, 0.15) is 33.1 Å².